The van der Waals surface area contributed by atoms with Crippen molar-refractivity contribution in [2.24, 2.45) is 0 Å². The number of aliphatic hydroxyl groups is 4. The van der Waals surface area contributed by atoms with Crippen molar-refractivity contribution in [1.29, 1.82) is 0 Å². The highest BCUT2D eigenvalue weighted by Gasteiger charge is 2.44. The Labute approximate surface area is 305 Å². The number of carbonyl (C=O) groups is 1. The Kier molecular flexibility index (Phi) is 31.7. The number of aliphatic hydroxyl groups excluding tert-OH is 4. The molecule has 0 aromatic heterocycles. The molecule has 1 saturated heterocycles. The largest absolute Gasteiger partial charge is 0.457 e. The molecule has 0 aromatic carbocycles. The molecule has 9 heteroatoms. The fraction of sp³-hybridized carbons (Fsp3) is 0.927. The van der Waals surface area contributed by atoms with E-state index in [1.54, 1.807) is 0 Å². The summed E-state index contributed by atoms with van der Waals surface area (Å²) >= 11 is 0. The van der Waals surface area contributed by atoms with Gasteiger partial charge in [0.15, 0.2) is 6.29 Å². The molecular formula is C41H78O9. The third kappa shape index (κ3) is 25.0. The van der Waals surface area contributed by atoms with Crippen LogP contribution in [0.1, 0.15) is 181 Å². The summed E-state index contributed by atoms with van der Waals surface area (Å²) in [6.07, 6.45) is 28.0. The third-order valence-corrected chi connectivity index (χ3v) is 9.68. The summed E-state index contributed by atoms with van der Waals surface area (Å²) in [6.45, 7) is 4.55. The number of unbranched alkanes of at least 4 members (excludes halogenated alkanes) is 22. The van der Waals surface area contributed by atoms with E-state index in [1.807, 2.05) is 0 Å². The van der Waals surface area contributed by atoms with E-state index in [0.717, 1.165) is 44.9 Å². The minimum atomic E-state index is -1.53. The number of esters is 1. The molecule has 296 valence electrons. The summed E-state index contributed by atoms with van der Waals surface area (Å²) in [5, 5.41) is 40.0. The minimum absolute atomic E-state index is 0.112. The van der Waals surface area contributed by atoms with Gasteiger partial charge in [0.25, 0.3) is 0 Å². The fourth-order valence-electron chi connectivity index (χ4n) is 6.37. The normalized spacial score (nSPS) is 21.6. The van der Waals surface area contributed by atoms with Gasteiger partial charge in [-0.05, 0) is 38.5 Å². The van der Waals surface area contributed by atoms with Crippen LogP contribution in [-0.4, -0.2) is 89.6 Å². The second kappa shape index (κ2) is 33.7. The molecule has 0 saturated carbocycles. The zero-order chi connectivity index (χ0) is 36.5. The van der Waals surface area contributed by atoms with Gasteiger partial charge in [0, 0.05) is 13.0 Å². The molecular weight excluding hydrogens is 636 g/mol. The predicted octanol–water partition coefficient (Wildman–Crippen LogP) is 8.47. The van der Waals surface area contributed by atoms with E-state index < -0.39 is 43.4 Å². The van der Waals surface area contributed by atoms with Crippen molar-refractivity contribution < 1.29 is 44.2 Å². The van der Waals surface area contributed by atoms with Crippen molar-refractivity contribution in [3.8, 4) is 0 Å². The van der Waals surface area contributed by atoms with E-state index in [2.05, 4.69) is 26.0 Å². The van der Waals surface area contributed by atoms with Crippen LogP contribution >= 0.6 is 0 Å². The van der Waals surface area contributed by atoms with Gasteiger partial charge < -0.3 is 39.4 Å². The average Bonchev–Trinajstić information content (AvgIpc) is 3.11. The van der Waals surface area contributed by atoms with Crippen molar-refractivity contribution in [1.82, 2.24) is 0 Å². The second-order valence-corrected chi connectivity index (χ2v) is 14.4. The fourth-order valence-corrected chi connectivity index (χ4v) is 6.37. The molecule has 0 aromatic rings. The van der Waals surface area contributed by atoms with Gasteiger partial charge in [0.1, 0.15) is 30.5 Å². The van der Waals surface area contributed by atoms with Gasteiger partial charge in [0.05, 0.1) is 19.8 Å². The van der Waals surface area contributed by atoms with Crippen molar-refractivity contribution >= 4 is 5.97 Å². The molecule has 50 heavy (non-hydrogen) atoms. The Hall–Kier alpha value is -1.07. The highest BCUT2D eigenvalue weighted by Crippen LogP contribution is 2.22. The molecule has 1 fully saturated rings. The van der Waals surface area contributed by atoms with E-state index in [1.165, 1.54) is 116 Å². The minimum Gasteiger partial charge on any atom is -0.457 e. The number of hydrogen-bond acceptors (Lipinski definition) is 9. The van der Waals surface area contributed by atoms with Crippen molar-refractivity contribution in [2.45, 2.75) is 218 Å². The van der Waals surface area contributed by atoms with Crippen LogP contribution in [-0.2, 0) is 23.7 Å². The lowest BCUT2D eigenvalue weighted by atomic mass is 9.99. The topological polar surface area (TPSA) is 135 Å². The molecule has 1 aliphatic heterocycles. The molecule has 0 aliphatic carbocycles. The van der Waals surface area contributed by atoms with Gasteiger partial charge in [-0.3, -0.25) is 4.79 Å². The molecule has 0 amide bonds. The van der Waals surface area contributed by atoms with Gasteiger partial charge in [-0.2, -0.15) is 0 Å². The first kappa shape index (κ1) is 47.0. The van der Waals surface area contributed by atoms with Crippen molar-refractivity contribution in [3.05, 3.63) is 12.2 Å². The Morgan fingerprint density at radius 1 is 0.620 bits per heavy atom. The molecule has 6 unspecified atom stereocenters. The smallest absolute Gasteiger partial charge is 0.306 e. The van der Waals surface area contributed by atoms with Crippen LogP contribution in [0.15, 0.2) is 12.2 Å². The lowest BCUT2D eigenvalue weighted by molar-refractivity contribution is -0.305. The second-order valence-electron chi connectivity index (χ2n) is 14.4. The van der Waals surface area contributed by atoms with E-state index >= 15 is 0 Å². The summed E-state index contributed by atoms with van der Waals surface area (Å²) in [6, 6.07) is 0. The first-order valence-electron chi connectivity index (χ1n) is 20.8. The van der Waals surface area contributed by atoms with Crippen LogP contribution in [0.4, 0.5) is 0 Å². The summed E-state index contributed by atoms with van der Waals surface area (Å²) in [5.41, 5.74) is 0. The summed E-state index contributed by atoms with van der Waals surface area (Å²) in [4.78, 5) is 12.7. The number of rotatable bonds is 35. The Balaban J connectivity index is 2.29. The molecule has 0 radical (unpaired) electrons. The zero-order valence-electron chi connectivity index (χ0n) is 32.2. The molecule has 4 N–H and O–H groups in total. The monoisotopic (exact) mass is 715 g/mol. The maximum Gasteiger partial charge on any atom is 0.306 e. The van der Waals surface area contributed by atoms with Crippen molar-refractivity contribution in [2.75, 3.05) is 26.4 Å². The number of ether oxygens (including phenoxy) is 4. The molecule has 6 atom stereocenters. The van der Waals surface area contributed by atoms with Gasteiger partial charge in [-0.15, -0.1) is 0 Å². The van der Waals surface area contributed by atoms with Crippen molar-refractivity contribution in [3.63, 3.8) is 0 Å². The molecule has 1 heterocycles. The lowest BCUT2D eigenvalue weighted by Gasteiger charge is -2.39. The van der Waals surface area contributed by atoms with Crippen LogP contribution in [0.3, 0.4) is 0 Å². The SMILES string of the molecule is CCCCCCCCC/C=C\CCCCCCCC(=O)OC(COCCCCCCCCCCCCC)COC1OC(CO)C(O)C(O)C1O. The third-order valence-electron chi connectivity index (χ3n) is 9.68. The highest BCUT2D eigenvalue weighted by atomic mass is 16.7. The quantitative estimate of drug-likeness (QED) is 0.0290. The van der Waals surface area contributed by atoms with Gasteiger partial charge in [-0.25, -0.2) is 0 Å². The lowest BCUT2D eigenvalue weighted by Crippen LogP contribution is -2.59. The maximum atomic E-state index is 12.7. The van der Waals surface area contributed by atoms with E-state index in [4.69, 9.17) is 18.9 Å². The number of carbonyl (C=O) groups excluding carboxylic acids is 1. The standard InChI is InChI=1S/C41H78O9/c1-3-5-7-9-11-13-15-16-17-18-19-20-22-24-26-28-30-37(43)49-35(34-48-41-40(46)39(45)38(44)36(32-42)50-41)33-47-31-29-27-25-23-21-14-12-10-8-6-4-2/h17-18,35-36,38-42,44-46H,3-16,19-34H2,1-2H3/b18-17-. The molecule has 9 nitrogen and oxygen atoms in total. The van der Waals surface area contributed by atoms with E-state index in [0.29, 0.717) is 13.0 Å². The summed E-state index contributed by atoms with van der Waals surface area (Å²) in [5.74, 6) is -0.320. The Morgan fingerprint density at radius 3 is 1.62 bits per heavy atom. The molecule has 1 aliphatic rings. The van der Waals surface area contributed by atoms with Crippen LogP contribution < -0.4 is 0 Å². The zero-order valence-corrected chi connectivity index (χ0v) is 32.2. The van der Waals surface area contributed by atoms with Crippen LogP contribution in [0.25, 0.3) is 0 Å². The maximum absolute atomic E-state index is 12.7. The average molecular weight is 715 g/mol. The first-order valence-corrected chi connectivity index (χ1v) is 20.8. The number of hydrogen-bond donors (Lipinski definition) is 4. The van der Waals surface area contributed by atoms with E-state index in [9.17, 15) is 25.2 Å². The first-order chi connectivity index (χ1) is 24.4. The van der Waals surface area contributed by atoms with Gasteiger partial charge >= 0.3 is 5.97 Å². The highest BCUT2D eigenvalue weighted by molar-refractivity contribution is 5.69. The summed E-state index contributed by atoms with van der Waals surface area (Å²) < 4.78 is 22.7. The molecule has 1 rings (SSSR count). The van der Waals surface area contributed by atoms with Gasteiger partial charge in [0.2, 0.25) is 0 Å². The molecule has 0 spiro atoms. The summed E-state index contributed by atoms with van der Waals surface area (Å²) in [7, 11) is 0. The number of allylic oxidation sites excluding steroid dienone is 2. The van der Waals surface area contributed by atoms with Crippen LogP contribution in [0.5, 0.6) is 0 Å². The predicted molar refractivity (Wildman–Crippen MR) is 201 cm³/mol. The Morgan fingerprint density at radius 2 is 1.10 bits per heavy atom. The van der Waals surface area contributed by atoms with Crippen LogP contribution in [0, 0.1) is 0 Å². The Bertz CT molecular complexity index is 777. The molecule has 0 bridgehead atoms. The van der Waals surface area contributed by atoms with Crippen LogP contribution in [0.2, 0.25) is 0 Å². The van der Waals surface area contributed by atoms with E-state index in [-0.39, 0.29) is 19.2 Å². The van der Waals surface area contributed by atoms with Gasteiger partial charge in [-0.1, -0.05) is 148 Å².